The Morgan fingerprint density at radius 1 is 1.19 bits per heavy atom. The first kappa shape index (κ1) is 11.1. The zero-order chi connectivity index (χ0) is 11.6. The number of hydrogen-bond donors (Lipinski definition) is 4. The summed E-state index contributed by atoms with van der Waals surface area (Å²) in [6.45, 7) is 0.164. The summed E-state index contributed by atoms with van der Waals surface area (Å²) >= 11 is 0. The van der Waals surface area contributed by atoms with E-state index in [1.165, 1.54) is 0 Å². The largest absolute Gasteiger partial charge is 0.397 e. The number of aliphatic hydroxyl groups is 1. The minimum absolute atomic E-state index is 0.164. The van der Waals surface area contributed by atoms with E-state index in [9.17, 15) is 5.11 Å². The average molecular weight is 221 g/mol. The summed E-state index contributed by atoms with van der Waals surface area (Å²) in [7, 11) is 0. The highest BCUT2D eigenvalue weighted by Gasteiger charge is 2.32. The van der Waals surface area contributed by atoms with E-state index >= 15 is 0 Å². The summed E-state index contributed by atoms with van der Waals surface area (Å²) in [5.41, 5.74) is 13.4. The van der Waals surface area contributed by atoms with E-state index in [1.54, 1.807) is 6.07 Å². The molecule has 0 amide bonds. The van der Waals surface area contributed by atoms with Gasteiger partial charge < -0.3 is 21.9 Å². The zero-order valence-corrected chi connectivity index (χ0v) is 9.37. The van der Waals surface area contributed by atoms with Crippen molar-refractivity contribution in [3.63, 3.8) is 0 Å². The standard InChI is InChI=1S/C12H19N3O/c13-10-4-3-9(7-11(10)14)15-12(8-16)5-1-2-6-12/h3-4,7,15-16H,1-2,5-6,8,13-14H2. The van der Waals surface area contributed by atoms with Gasteiger partial charge in [0.15, 0.2) is 0 Å². The summed E-state index contributed by atoms with van der Waals surface area (Å²) in [6.07, 6.45) is 4.34. The molecule has 2 rings (SSSR count). The van der Waals surface area contributed by atoms with E-state index in [1.807, 2.05) is 12.1 Å². The van der Waals surface area contributed by atoms with Crippen LogP contribution >= 0.6 is 0 Å². The van der Waals surface area contributed by atoms with Gasteiger partial charge in [0.05, 0.1) is 23.5 Å². The van der Waals surface area contributed by atoms with Gasteiger partial charge in [-0.2, -0.15) is 0 Å². The molecule has 0 aliphatic heterocycles. The van der Waals surface area contributed by atoms with Gasteiger partial charge in [0, 0.05) is 5.69 Å². The number of rotatable bonds is 3. The third-order valence-electron chi connectivity index (χ3n) is 3.36. The van der Waals surface area contributed by atoms with Crippen LogP contribution in [0.4, 0.5) is 17.1 Å². The van der Waals surface area contributed by atoms with Crippen LogP contribution in [0.25, 0.3) is 0 Å². The second-order valence-corrected chi connectivity index (χ2v) is 4.61. The normalized spacial score (nSPS) is 18.6. The Labute approximate surface area is 95.6 Å². The summed E-state index contributed by atoms with van der Waals surface area (Å²) in [5.74, 6) is 0. The minimum atomic E-state index is -0.164. The number of nitrogens with two attached hydrogens (primary N) is 2. The highest BCUT2D eigenvalue weighted by atomic mass is 16.3. The Hall–Kier alpha value is -1.42. The fourth-order valence-electron chi connectivity index (χ4n) is 2.33. The first-order valence-electron chi connectivity index (χ1n) is 5.69. The second-order valence-electron chi connectivity index (χ2n) is 4.61. The van der Waals surface area contributed by atoms with Gasteiger partial charge in [0.2, 0.25) is 0 Å². The summed E-state index contributed by atoms with van der Waals surface area (Å²) < 4.78 is 0. The molecule has 1 saturated carbocycles. The van der Waals surface area contributed by atoms with E-state index in [0.29, 0.717) is 11.4 Å². The van der Waals surface area contributed by atoms with Crippen molar-refractivity contribution in [1.82, 2.24) is 0 Å². The maximum absolute atomic E-state index is 9.48. The Balaban J connectivity index is 2.16. The molecule has 1 aliphatic rings. The van der Waals surface area contributed by atoms with Gasteiger partial charge in [0.1, 0.15) is 0 Å². The van der Waals surface area contributed by atoms with Crippen LogP contribution in [0, 0.1) is 0 Å². The molecule has 0 radical (unpaired) electrons. The molecule has 4 nitrogen and oxygen atoms in total. The molecule has 88 valence electrons. The van der Waals surface area contributed by atoms with Crippen molar-refractivity contribution in [2.45, 2.75) is 31.2 Å². The van der Waals surface area contributed by atoms with E-state index in [0.717, 1.165) is 31.4 Å². The molecule has 0 aromatic heterocycles. The molecule has 0 heterocycles. The predicted octanol–water partition coefficient (Wildman–Crippen LogP) is 1.57. The van der Waals surface area contributed by atoms with Gasteiger partial charge in [-0.1, -0.05) is 12.8 Å². The van der Waals surface area contributed by atoms with Crippen molar-refractivity contribution in [1.29, 1.82) is 0 Å². The first-order chi connectivity index (χ1) is 7.65. The van der Waals surface area contributed by atoms with E-state index in [-0.39, 0.29) is 12.1 Å². The lowest BCUT2D eigenvalue weighted by atomic mass is 9.98. The van der Waals surface area contributed by atoms with Crippen molar-refractivity contribution in [2.75, 3.05) is 23.4 Å². The van der Waals surface area contributed by atoms with Gasteiger partial charge in [-0.25, -0.2) is 0 Å². The molecule has 0 spiro atoms. The molecule has 0 atom stereocenters. The minimum Gasteiger partial charge on any atom is -0.397 e. The Morgan fingerprint density at radius 3 is 2.44 bits per heavy atom. The molecular formula is C12H19N3O. The Kier molecular flexibility index (Phi) is 2.92. The van der Waals surface area contributed by atoms with Crippen LogP contribution in [-0.4, -0.2) is 17.3 Å². The molecule has 0 saturated heterocycles. The van der Waals surface area contributed by atoms with Crippen molar-refractivity contribution < 1.29 is 5.11 Å². The molecule has 6 N–H and O–H groups in total. The molecule has 0 unspecified atom stereocenters. The third kappa shape index (κ3) is 2.07. The highest BCUT2D eigenvalue weighted by molar-refractivity contribution is 5.69. The first-order valence-corrected chi connectivity index (χ1v) is 5.69. The Bertz CT molecular complexity index is 373. The molecule has 1 aromatic rings. The van der Waals surface area contributed by atoms with Crippen LogP contribution in [0.3, 0.4) is 0 Å². The highest BCUT2D eigenvalue weighted by Crippen LogP contribution is 2.33. The maximum Gasteiger partial charge on any atom is 0.0661 e. The monoisotopic (exact) mass is 221 g/mol. The fraction of sp³-hybridized carbons (Fsp3) is 0.500. The molecule has 1 aromatic carbocycles. The van der Waals surface area contributed by atoms with Crippen LogP contribution < -0.4 is 16.8 Å². The van der Waals surface area contributed by atoms with Gasteiger partial charge in [-0.05, 0) is 31.0 Å². The number of benzene rings is 1. The van der Waals surface area contributed by atoms with E-state index in [4.69, 9.17) is 11.5 Å². The summed E-state index contributed by atoms with van der Waals surface area (Å²) in [6, 6.07) is 5.52. The molecule has 1 aliphatic carbocycles. The lowest BCUT2D eigenvalue weighted by molar-refractivity contribution is 0.214. The summed E-state index contributed by atoms with van der Waals surface area (Å²) in [5, 5.41) is 12.9. The summed E-state index contributed by atoms with van der Waals surface area (Å²) in [4.78, 5) is 0. The van der Waals surface area contributed by atoms with Crippen LogP contribution in [0.1, 0.15) is 25.7 Å². The lowest BCUT2D eigenvalue weighted by Crippen LogP contribution is -2.38. The number of aliphatic hydroxyl groups excluding tert-OH is 1. The Morgan fingerprint density at radius 2 is 1.88 bits per heavy atom. The molecular weight excluding hydrogens is 202 g/mol. The topological polar surface area (TPSA) is 84.3 Å². The molecule has 16 heavy (non-hydrogen) atoms. The predicted molar refractivity (Wildman–Crippen MR) is 67.2 cm³/mol. The van der Waals surface area contributed by atoms with Gasteiger partial charge >= 0.3 is 0 Å². The SMILES string of the molecule is Nc1ccc(NC2(CO)CCCC2)cc1N. The zero-order valence-electron chi connectivity index (χ0n) is 9.37. The molecule has 4 heteroatoms. The van der Waals surface area contributed by atoms with Crippen LogP contribution in [-0.2, 0) is 0 Å². The lowest BCUT2D eigenvalue weighted by Gasteiger charge is -2.29. The maximum atomic E-state index is 9.48. The third-order valence-corrected chi connectivity index (χ3v) is 3.36. The molecule has 0 bridgehead atoms. The number of hydrogen-bond acceptors (Lipinski definition) is 4. The second kappa shape index (κ2) is 4.22. The van der Waals surface area contributed by atoms with E-state index in [2.05, 4.69) is 5.32 Å². The van der Waals surface area contributed by atoms with Gasteiger partial charge in [-0.15, -0.1) is 0 Å². The van der Waals surface area contributed by atoms with Crippen molar-refractivity contribution in [2.24, 2.45) is 0 Å². The number of nitrogens with one attached hydrogen (secondary N) is 1. The van der Waals surface area contributed by atoms with Gasteiger partial charge in [-0.3, -0.25) is 0 Å². The van der Waals surface area contributed by atoms with Gasteiger partial charge in [0.25, 0.3) is 0 Å². The average Bonchev–Trinajstić information content (AvgIpc) is 2.73. The van der Waals surface area contributed by atoms with Crippen molar-refractivity contribution in [3.05, 3.63) is 18.2 Å². The molecule has 1 fully saturated rings. The number of anilines is 3. The van der Waals surface area contributed by atoms with E-state index < -0.39 is 0 Å². The number of nitrogen functional groups attached to an aromatic ring is 2. The van der Waals surface area contributed by atoms with Crippen molar-refractivity contribution >= 4 is 17.1 Å². The van der Waals surface area contributed by atoms with Crippen LogP contribution in [0.5, 0.6) is 0 Å². The smallest absolute Gasteiger partial charge is 0.0661 e. The van der Waals surface area contributed by atoms with Crippen LogP contribution in [0.15, 0.2) is 18.2 Å². The quantitative estimate of drug-likeness (QED) is 0.584. The fourth-order valence-corrected chi connectivity index (χ4v) is 2.33. The van der Waals surface area contributed by atoms with Crippen molar-refractivity contribution in [3.8, 4) is 0 Å². The van der Waals surface area contributed by atoms with Crippen LogP contribution in [0.2, 0.25) is 0 Å².